The van der Waals surface area contributed by atoms with Gasteiger partial charge < -0.3 is 4.74 Å². The SMILES string of the molecule is C=CCN(CC=C)S(=O)(=O)c1ccc(C(=O)N(Cc2cccnc2)c2nc3c(OCC)cccc3s2)cc1. The molecule has 10 heteroatoms. The van der Waals surface area contributed by atoms with Crippen molar-refractivity contribution in [1.29, 1.82) is 0 Å². The van der Waals surface area contributed by atoms with Crippen LogP contribution in [0, 0.1) is 0 Å². The first kappa shape index (κ1) is 27.2. The normalized spacial score (nSPS) is 11.4. The van der Waals surface area contributed by atoms with Gasteiger partial charge in [0.05, 0.1) is 22.7 Å². The van der Waals surface area contributed by atoms with Crippen LogP contribution in [0.15, 0.2) is 97.2 Å². The Morgan fingerprint density at radius 3 is 2.42 bits per heavy atom. The number of aromatic nitrogens is 2. The minimum atomic E-state index is -3.78. The second kappa shape index (κ2) is 12.1. The van der Waals surface area contributed by atoms with E-state index in [1.54, 1.807) is 23.4 Å². The molecule has 2 aromatic heterocycles. The van der Waals surface area contributed by atoms with Gasteiger partial charge in [-0.25, -0.2) is 13.4 Å². The molecule has 196 valence electrons. The third kappa shape index (κ3) is 5.83. The summed E-state index contributed by atoms with van der Waals surface area (Å²) in [5.41, 5.74) is 1.84. The van der Waals surface area contributed by atoms with Crippen molar-refractivity contribution in [2.75, 3.05) is 24.6 Å². The average molecular weight is 549 g/mol. The highest BCUT2D eigenvalue weighted by molar-refractivity contribution is 7.89. The van der Waals surface area contributed by atoms with Crippen LogP contribution in [0.2, 0.25) is 0 Å². The molecule has 0 unspecified atom stereocenters. The number of hydrogen-bond donors (Lipinski definition) is 0. The standard InChI is InChI=1S/C28H28N4O4S2/c1-4-17-31(18-5-2)38(34,35)23-14-12-22(13-15-23)27(33)32(20-21-9-8-16-29-19-21)28-30-26-24(36-6-3)10-7-11-25(26)37-28/h4-5,7-16,19H,1-2,6,17-18,20H2,3H3. The van der Waals surface area contributed by atoms with E-state index in [0.717, 1.165) is 10.3 Å². The summed E-state index contributed by atoms with van der Waals surface area (Å²) < 4.78 is 34.0. The van der Waals surface area contributed by atoms with E-state index in [2.05, 4.69) is 18.1 Å². The summed E-state index contributed by atoms with van der Waals surface area (Å²) in [6.07, 6.45) is 6.40. The molecule has 0 spiro atoms. The molecule has 0 radical (unpaired) electrons. The Labute approximate surface area is 226 Å². The first-order valence-corrected chi connectivity index (χ1v) is 14.2. The number of rotatable bonds is 12. The van der Waals surface area contributed by atoms with Gasteiger partial charge in [0.2, 0.25) is 10.0 Å². The molecule has 0 aliphatic carbocycles. The van der Waals surface area contributed by atoms with Crippen LogP contribution in [0.5, 0.6) is 5.75 Å². The molecular weight excluding hydrogens is 520 g/mol. The lowest BCUT2D eigenvalue weighted by molar-refractivity contribution is 0.0985. The number of benzene rings is 2. The van der Waals surface area contributed by atoms with Crippen LogP contribution in [0.25, 0.3) is 10.2 Å². The highest BCUT2D eigenvalue weighted by Crippen LogP contribution is 2.35. The fourth-order valence-electron chi connectivity index (χ4n) is 3.83. The zero-order valence-corrected chi connectivity index (χ0v) is 22.6. The van der Waals surface area contributed by atoms with Gasteiger partial charge in [0, 0.05) is 31.0 Å². The molecule has 0 fully saturated rings. The van der Waals surface area contributed by atoms with E-state index in [-0.39, 0.29) is 30.4 Å². The summed E-state index contributed by atoms with van der Waals surface area (Å²) in [6, 6.07) is 15.3. The molecule has 2 heterocycles. The monoisotopic (exact) mass is 548 g/mol. The Bertz CT molecular complexity index is 1520. The predicted octanol–water partition coefficient (Wildman–Crippen LogP) is 5.30. The van der Waals surface area contributed by atoms with E-state index in [1.807, 2.05) is 31.2 Å². The first-order chi connectivity index (χ1) is 18.4. The Morgan fingerprint density at radius 1 is 1.05 bits per heavy atom. The Morgan fingerprint density at radius 2 is 1.79 bits per heavy atom. The van der Waals surface area contributed by atoms with Crippen LogP contribution in [0.1, 0.15) is 22.8 Å². The summed E-state index contributed by atoms with van der Waals surface area (Å²) >= 11 is 1.38. The van der Waals surface area contributed by atoms with Crippen molar-refractivity contribution in [1.82, 2.24) is 14.3 Å². The van der Waals surface area contributed by atoms with E-state index in [4.69, 9.17) is 9.72 Å². The van der Waals surface area contributed by atoms with Gasteiger partial charge >= 0.3 is 0 Å². The number of anilines is 1. The molecule has 0 N–H and O–H groups in total. The van der Waals surface area contributed by atoms with Crippen LogP contribution in [0.3, 0.4) is 0 Å². The summed E-state index contributed by atoms with van der Waals surface area (Å²) in [4.78, 5) is 24.4. The van der Waals surface area contributed by atoms with Gasteiger partial charge in [-0.3, -0.25) is 14.7 Å². The molecule has 0 saturated carbocycles. The van der Waals surface area contributed by atoms with E-state index in [0.29, 0.717) is 28.6 Å². The third-order valence-electron chi connectivity index (χ3n) is 5.61. The maximum atomic E-state index is 13.8. The smallest absolute Gasteiger partial charge is 0.260 e. The molecule has 0 aliphatic heterocycles. The van der Waals surface area contributed by atoms with Crippen LogP contribution < -0.4 is 9.64 Å². The van der Waals surface area contributed by atoms with Crippen LogP contribution in [0.4, 0.5) is 5.13 Å². The number of carbonyl (C=O) groups excluding carboxylic acids is 1. The zero-order chi connectivity index (χ0) is 27.1. The predicted molar refractivity (Wildman–Crippen MR) is 151 cm³/mol. The fourth-order valence-corrected chi connectivity index (χ4v) is 6.19. The number of fused-ring (bicyclic) bond motifs is 1. The number of para-hydroxylation sites is 1. The summed E-state index contributed by atoms with van der Waals surface area (Å²) in [5, 5.41) is 0.501. The van der Waals surface area contributed by atoms with Crippen LogP contribution >= 0.6 is 11.3 Å². The zero-order valence-electron chi connectivity index (χ0n) is 21.0. The minimum absolute atomic E-state index is 0.0814. The quantitative estimate of drug-likeness (QED) is 0.223. The highest BCUT2D eigenvalue weighted by Gasteiger charge is 2.25. The maximum absolute atomic E-state index is 13.8. The number of carbonyl (C=O) groups is 1. The van der Waals surface area contributed by atoms with E-state index < -0.39 is 10.0 Å². The number of nitrogens with zero attached hydrogens (tertiary/aromatic N) is 4. The summed E-state index contributed by atoms with van der Waals surface area (Å²) in [7, 11) is -3.78. The molecule has 1 amide bonds. The second-order valence-electron chi connectivity index (χ2n) is 8.21. The lowest BCUT2D eigenvalue weighted by atomic mass is 10.2. The second-order valence-corrected chi connectivity index (χ2v) is 11.2. The third-order valence-corrected chi connectivity index (χ3v) is 8.50. The van der Waals surface area contributed by atoms with Crippen molar-refractivity contribution in [2.45, 2.75) is 18.4 Å². The van der Waals surface area contributed by atoms with E-state index in [9.17, 15) is 13.2 Å². The van der Waals surface area contributed by atoms with Crippen molar-refractivity contribution < 1.29 is 17.9 Å². The van der Waals surface area contributed by atoms with Crippen molar-refractivity contribution in [2.24, 2.45) is 0 Å². The van der Waals surface area contributed by atoms with Gasteiger partial charge in [0.25, 0.3) is 5.91 Å². The molecule has 4 aromatic rings. The maximum Gasteiger partial charge on any atom is 0.260 e. The van der Waals surface area contributed by atoms with Gasteiger partial charge in [-0.1, -0.05) is 35.6 Å². The van der Waals surface area contributed by atoms with E-state index >= 15 is 0 Å². The van der Waals surface area contributed by atoms with Gasteiger partial charge in [0.1, 0.15) is 11.3 Å². The van der Waals surface area contributed by atoms with Gasteiger partial charge in [-0.2, -0.15) is 4.31 Å². The van der Waals surface area contributed by atoms with Crippen molar-refractivity contribution in [3.05, 3.63) is 103 Å². The minimum Gasteiger partial charge on any atom is -0.492 e. The topological polar surface area (TPSA) is 92.7 Å². The lowest BCUT2D eigenvalue weighted by Crippen LogP contribution is -2.32. The number of sulfonamides is 1. The number of thiazole rings is 1. The number of amides is 1. The van der Waals surface area contributed by atoms with E-state index in [1.165, 1.54) is 52.1 Å². The highest BCUT2D eigenvalue weighted by atomic mass is 32.2. The average Bonchev–Trinajstić information content (AvgIpc) is 3.37. The molecule has 0 bridgehead atoms. The number of hydrogen-bond acceptors (Lipinski definition) is 7. The van der Waals surface area contributed by atoms with Crippen molar-refractivity contribution in [3.8, 4) is 5.75 Å². The Hall–Kier alpha value is -3.86. The molecular formula is C28H28N4O4S2. The molecule has 0 saturated heterocycles. The van der Waals surface area contributed by atoms with Crippen LogP contribution in [-0.4, -0.2) is 48.3 Å². The first-order valence-electron chi connectivity index (χ1n) is 11.9. The van der Waals surface area contributed by atoms with Crippen molar-refractivity contribution >= 4 is 42.6 Å². The lowest BCUT2D eigenvalue weighted by Gasteiger charge is -2.21. The fraction of sp³-hybridized carbons (Fsp3) is 0.179. The van der Waals surface area contributed by atoms with Gasteiger partial charge in [-0.15, -0.1) is 13.2 Å². The Balaban J connectivity index is 1.70. The Kier molecular flexibility index (Phi) is 8.67. The number of ether oxygens (including phenoxy) is 1. The molecule has 8 nitrogen and oxygen atoms in total. The number of pyridine rings is 1. The van der Waals surface area contributed by atoms with Crippen LogP contribution in [-0.2, 0) is 16.6 Å². The summed E-state index contributed by atoms with van der Waals surface area (Å²) in [6.45, 7) is 10.2. The summed E-state index contributed by atoms with van der Waals surface area (Å²) in [5.74, 6) is 0.336. The van der Waals surface area contributed by atoms with Gasteiger partial charge in [-0.05, 0) is 55.0 Å². The molecule has 0 aliphatic rings. The molecule has 38 heavy (non-hydrogen) atoms. The molecule has 4 rings (SSSR count). The largest absolute Gasteiger partial charge is 0.492 e. The van der Waals surface area contributed by atoms with Crippen molar-refractivity contribution in [3.63, 3.8) is 0 Å². The molecule has 2 aromatic carbocycles. The molecule has 0 atom stereocenters. The van der Waals surface area contributed by atoms with Gasteiger partial charge in [0.15, 0.2) is 5.13 Å².